The highest BCUT2D eigenvalue weighted by Gasteiger charge is 2.08. The number of ether oxygens (including phenoxy) is 1. The molecule has 0 radical (unpaired) electrons. The number of anilines is 1. The zero-order valence-corrected chi connectivity index (χ0v) is 10.5. The van der Waals surface area contributed by atoms with Gasteiger partial charge in [0.05, 0.1) is 17.2 Å². The highest BCUT2D eigenvalue weighted by atomic mass is 35.5. The minimum Gasteiger partial charge on any atom is -0.494 e. The molecule has 0 saturated heterocycles. The number of halogens is 2. The maximum Gasteiger partial charge on any atom is 0.218 e. The van der Waals surface area contributed by atoms with Crippen LogP contribution in [-0.4, -0.2) is 22.3 Å². The molecule has 1 aromatic carbocycles. The van der Waals surface area contributed by atoms with Gasteiger partial charge in [0.15, 0.2) is 5.75 Å². The molecule has 2 aromatic rings. The minimum absolute atomic E-state index is 0.481. The monoisotopic (exact) mass is 272 g/mol. The van der Waals surface area contributed by atoms with E-state index in [1.54, 1.807) is 12.1 Å². The van der Waals surface area contributed by atoms with Crippen molar-refractivity contribution < 1.29 is 4.74 Å². The van der Waals surface area contributed by atoms with Crippen LogP contribution in [0.4, 0.5) is 5.95 Å². The van der Waals surface area contributed by atoms with Crippen molar-refractivity contribution in [2.45, 2.75) is 6.54 Å². The van der Waals surface area contributed by atoms with Gasteiger partial charge in [0.25, 0.3) is 0 Å². The zero-order chi connectivity index (χ0) is 12.3. The molecule has 0 unspecified atom stereocenters. The summed E-state index contributed by atoms with van der Waals surface area (Å²) in [6.45, 7) is 0.540. The highest BCUT2D eigenvalue weighted by molar-refractivity contribution is 6.37. The van der Waals surface area contributed by atoms with Crippen LogP contribution in [0.3, 0.4) is 0 Å². The molecule has 90 valence electrons. The molecule has 7 heteroatoms. The second-order valence-electron chi connectivity index (χ2n) is 3.28. The van der Waals surface area contributed by atoms with E-state index in [9.17, 15) is 0 Å². The molecule has 5 nitrogen and oxygen atoms in total. The van der Waals surface area contributed by atoms with E-state index in [-0.39, 0.29) is 0 Å². The Morgan fingerprint density at radius 3 is 2.59 bits per heavy atom. The number of H-pyrrole nitrogens is 1. The first-order valence-electron chi connectivity index (χ1n) is 4.82. The number of benzene rings is 1. The largest absolute Gasteiger partial charge is 0.494 e. The normalized spacial score (nSPS) is 10.3. The van der Waals surface area contributed by atoms with E-state index < -0.39 is 0 Å². The summed E-state index contributed by atoms with van der Waals surface area (Å²) in [4.78, 5) is 3.94. The van der Waals surface area contributed by atoms with Gasteiger partial charge in [0.1, 0.15) is 6.33 Å². The molecule has 17 heavy (non-hydrogen) atoms. The Bertz CT molecular complexity index is 478. The Labute approximate surface area is 108 Å². The number of hydrogen-bond donors (Lipinski definition) is 2. The number of aromatic amines is 1. The van der Waals surface area contributed by atoms with Crippen LogP contribution in [0.2, 0.25) is 10.0 Å². The topological polar surface area (TPSA) is 62.8 Å². The molecule has 1 aromatic heterocycles. The molecule has 0 aliphatic rings. The Balaban J connectivity index is 2.12. The Kier molecular flexibility index (Phi) is 3.71. The van der Waals surface area contributed by atoms with Crippen molar-refractivity contribution in [1.82, 2.24) is 15.2 Å². The lowest BCUT2D eigenvalue weighted by atomic mass is 10.2. The van der Waals surface area contributed by atoms with E-state index in [1.807, 2.05) is 0 Å². The van der Waals surface area contributed by atoms with Crippen LogP contribution in [0.5, 0.6) is 5.75 Å². The summed E-state index contributed by atoms with van der Waals surface area (Å²) in [7, 11) is 1.53. The first kappa shape index (κ1) is 12.0. The maximum absolute atomic E-state index is 6.02. The second kappa shape index (κ2) is 5.25. The van der Waals surface area contributed by atoms with Crippen molar-refractivity contribution in [2.24, 2.45) is 0 Å². The highest BCUT2D eigenvalue weighted by Crippen LogP contribution is 2.33. The lowest BCUT2D eigenvalue weighted by Gasteiger charge is -2.09. The van der Waals surface area contributed by atoms with Gasteiger partial charge in [0.2, 0.25) is 5.95 Å². The summed E-state index contributed by atoms with van der Waals surface area (Å²) < 4.78 is 5.07. The SMILES string of the molecule is COc1c(Cl)cc(CNc2ncn[nH]2)cc1Cl. The van der Waals surface area contributed by atoms with Gasteiger partial charge < -0.3 is 10.1 Å². The molecule has 1 heterocycles. The van der Waals surface area contributed by atoms with Gasteiger partial charge in [0, 0.05) is 6.54 Å². The van der Waals surface area contributed by atoms with Gasteiger partial charge in [-0.1, -0.05) is 23.2 Å². The molecular weight excluding hydrogens is 263 g/mol. The second-order valence-corrected chi connectivity index (χ2v) is 4.09. The van der Waals surface area contributed by atoms with E-state index in [0.717, 1.165) is 5.56 Å². The van der Waals surface area contributed by atoms with Crippen molar-refractivity contribution in [1.29, 1.82) is 0 Å². The molecule has 0 atom stereocenters. The molecule has 0 bridgehead atoms. The number of rotatable bonds is 4. The summed E-state index contributed by atoms with van der Waals surface area (Å²) in [5, 5.41) is 10.4. The van der Waals surface area contributed by atoms with Crippen molar-refractivity contribution in [3.63, 3.8) is 0 Å². The number of nitrogens with zero attached hydrogens (tertiary/aromatic N) is 2. The lowest BCUT2D eigenvalue weighted by Crippen LogP contribution is -2.01. The van der Waals surface area contributed by atoms with Crippen LogP contribution in [0.25, 0.3) is 0 Å². The summed E-state index contributed by atoms with van der Waals surface area (Å²) in [5.41, 5.74) is 0.928. The van der Waals surface area contributed by atoms with Gasteiger partial charge in [-0.15, -0.1) is 0 Å². The summed E-state index contributed by atoms with van der Waals surface area (Å²) in [6.07, 6.45) is 1.43. The summed E-state index contributed by atoms with van der Waals surface area (Å²) in [6, 6.07) is 3.57. The van der Waals surface area contributed by atoms with Gasteiger partial charge in [-0.3, -0.25) is 0 Å². The fourth-order valence-electron chi connectivity index (χ4n) is 1.39. The fourth-order valence-corrected chi connectivity index (χ4v) is 2.07. The molecule has 0 amide bonds. The van der Waals surface area contributed by atoms with Crippen LogP contribution >= 0.6 is 23.2 Å². The van der Waals surface area contributed by atoms with Gasteiger partial charge in [-0.05, 0) is 17.7 Å². The van der Waals surface area contributed by atoms with Crippen molar-refractivity contribution in [3.8, 4) is 5.75 Å². The van der Waals surface area contributed by atoms with E-state index >= 15 is 0 Å². The number of hydrogen-bond acceptors (Lipinski definition) is 4. The molecule has 0 fully saturated rings. The Morgan fingerprint density at radius 1 is 1.35 bits per heavy atom. The molecular formula is C10H10Cl2N4O. The fraction of sp³-hybridized carbons (Fsp3) is 0.200. The van der Waals surface area contributed by atoms with Crippen LogP contribution in [-0.2, 0) is 6.54 Å². The predicted molar refractivity (Wildman–Crippen MR) is 66.7 cm³/mol. The Morgan fingerprint density at radius 2 is 2.06 bits per heavy atom. The van der Waals surface area contributed by atoms with Gasteiger partial charge in [-0.25, -0.2) is 10.1 Å². The van der Waals surface area contributed by atoms with Gasteiger partial charge >= 0.3 is 0 Å². The summed E-state index contributed by atoms with van der Waals surface area (Å²) >= 11 is 12.0. The van der Waals surface area contributed by atoms with Crippen molar-refractivity contribution in [2.75, 3.05) is 12.4 Å². The first-order valence-corrected chi connectivity index (χ1v) is 5.57. The average Bonchev–Trinajstić information content (AvgIpc) is 2.79. The van der Waals surface area contributed by atoms with Crippen LogP contribution in [0, 0.1) is 0 Å². The van der Waals surface area contributed by atoms with E-state index in [0.29, 0.717) is 28.3 Å². The number of nitrogens with one attached hydrogen (secondary N) is 2. The van der Waals surface area contributed by atoms with E-state index in [4.69, 9.17) is 27.9 Å². The van der Waals surface area contributed by atoms with E-state index in [2.05, 4.69) is 20.5 Å². The third-order valence-corrected chi connectivity index (χ3v) is 2.70. The quantitative estimate of drug-likeness (QED) is 0.899. The minimum atomic E-state index is 0.481. The van der Waals surface area contributed by atoms with Crippen LogP contribution in [0.1, 0.15) is 5.56 Å². The molecule has 2 rings (SSSR count). The lowest BCUT2D eigenvalue weighted by molar-refractivity contribution is 0.415. The number of aromatic nitrogens is 3. The third-order valence-electron chi connectivity index (χ3n) is 2.14. The van der Waals surface area contributed by atoms with Crippen molar-refractivity contribution >= 4 is 29.2 Å². The maximum atomic E-state index is 6.02. The van der Waals surface area contributed by atoms with Gasteiger partial charge in [-0.2, -0.15) is 5.10 Å². The average molecular weight is 273 g/mol. The standard InChI is InChI=1S/C10H10Cl2N4O/c1-17-9-7(11)2-6(3-8(9)12)4-13-10-14-5-15-16-10/h2-3,5H,4H2,1H3,(H2,13,14,15,16). The zero-order valence-electron chi connectivity index (χ0n) is 9.00. The molecule has 0 aliphatic carbocycles. The molecule has 0 saturated carbocycles. The smallest absolute Gasteiger partial charge is 0.218 e. The third kappa shape index (κ3) is 2.81. The summed E-state index contributed by atoms with van der Waals surface area (Å²) in [5.74, 6) is 1.07. The predicted octanol–water partition coefficient (Wildman–Crippen LogP) is 2.73. The van der Waals surface area contributed by atoms with Crippen molar-refractivity contribution in [3.05, 3.63) is 34.1 Å². The Hall–Kier alpha value is -1.46. The van der Waals surface area contributed by atoms with E-state index in [1.165, 1.54) is 13.4 Å². The van der Waals surface area contributed by atoms with Crippen LogP contribution in [0.15, 0.2) is 18.5 Å². The molecule has 0 aliphatic heterocycles. The first-order chi connectivity index (χ1) is 8.20. The number of methoxy groups -OCH3 is 1. The molecule has 0 spiro atoms. The molecule has 2 N–H and O–H groups in total. The van der Waals surface area contributed by atoms with Crippen LogP contribution < -0.4 is 10.1 Å².